The molecule has 38 heavy (non-hydrogen) atoms. The molecule has 2 N–H and O–H groups in total. The zero-order valence-corrected chi connectivity index (χ0v) is 23.9. The minimum Gasteiger partial charge on any atom is -0.465 e. The van der Waals surface area contributed by atoms with Crippen LogP contribution in [0.15, 0.2) is 24.3 Å². The van der Waals surface area contributed by atoms with Crippen LogP contribution < -0.4 is 5.32 Å². The molecule has 1 saturated carbocycles. The summed E-state index contributed by atoms with van der Waals surface area (Å²) in [5, 5.41) is 15.5. The highest BCUT2D eigenvalue weighted by Gasteiger charge is 2.41. The number of nitrogens with zero attached hydrogens (tertiary/aromatic N) is 1. The summed E-state index contributed by atoms with van der Waals surface area (Å²) in [6.45, 7) is 2.79. The fraction of sp³-hybridized carbons (Fsp3) is 0.742. The number of rotatable bonds is 14. The van der Waals surface area contributed by atoms with Gasteiger partial charge in [0.1, 0.15) is 0 Å². The standard InChI is InChI=1S/C31H50N2O5/c1-32-22-25(19-24-11-5-4-6-12-24)20-29(34)33-17-10-15-28(23-33)31(36,16-7-8-18-37-2)27-14-9-13-26(21-27)30(35)38-3/h9,13-14,21,24-25,28,32,36H,4-8,10-12,15-20,22-23H2,1-3H3/t25-,28-,31-/m1/s1. The zero-order chi connectivity index (χ0) is 27.4. The van der Waals surface area contributed by atoms with Gasteiger partial charge in [-0.25, -0.2) is 4.79 Å². The number of hydrogen-bond donors (Lipinski definition) is 2. The van der Waals surface area contributed by atoms with Crippen molar-refractivity contribution in [3.63, 3.8) is 0 Å². The maximum atomic E-state index is 13.6. The van der Waals surface area contributed by atoms with Crippen LogP contribution in [0.5, 0.6) is 0 Å². The molecule has 7 nitrogen and oxygen atoms in total. The molecule has 0 radical (unpaired) electrons. The molecule has 1 saturated heterocycles. The Morgan fingerprint density at radius 1 is 1.13 bits per heavy atom. The summed E-state index contributed by atoms with van der Waals surface area (Å²) in [7, 11) is 5.03. The molecule has 0 bridgehead atoms. The van der Waals surface area contributed by atoms with Crippen LogP contribution in [-0.2, 0) is 19.9 Å². The van der Waals surface area contributed by atoms with E-state index in [1.54, 1.807) is 25.3 Å². The fourth-order valence-electron chi connectivity index (χ4n) is 6.65. The number of hydrogen-bond acceptors (Lipinski definition) is 6. The van der Waals surface area contributed by atoms with Gasteiger partial charge in [-0.2, -0.15) is 0 Å². The van der Waals surface area contributed by atoms with Gasteiger partial charge in [0.05, 0.1) is 18.3 Å². The molecule has 214 valence electrons. The van der Waals surface area contributed by atoms with E-state index in [2.05, 4.69) is 5.32 Å². The van der Waals surface area contributed by atoms with E-state index >= 15 is 0 Å². The Morgan fingerprint density at radius 3 is 2.63 bits per heavy atom. The number of esters is 1. The van der Waals surface area contributed by atoms with Crippen LogP contribution in [0.2, 0.25) is 0 Å². The number of piperidine rings is 1. The van der Waals surface area contributed by atoms with E-state index in [4.69, 9.17) is 9.47 Å². The molecule has 1 heterocycles. The lowest BCUT2D eigenvalue weighted by atomic mass is 9.73. The SMILES string of the molecule is CNC[C@@H](CC(=O)N1CCC[C@@H]([C@@](O)(CCCCOC)c2cccc(C(=O)OC)c2)C1)CC1CCCCC1. The van der Waals surface area contributed by atoms with Crippen LogP contribution in [0, 0.1) is 17.8 Å². The molecule has 7 heteroatoms. The molecule has 0 spiro atoms. The van der Waals surface area contributed by atoms with Crippen molar-refractivity contribution in [2.75, 3.05) is 47.5 Å². The first-order valence-electron chi connectivity index (χ1n) is 14.7. The number of ether oxygens (including phenoxy) is 2. The van der Waals surface area contributed by atoms with Crippen LogP contribution in [0.4, 0.5) is 0 Å². The number of likely N-dealkylation sites (tertiary alicyclic amines) is 1. The number of carbonyl (C=O) groups is 2. The number of nitrogens with one attached hydrogen (secondary N) is 1. The van der Waals surface area contributed by atoms with Crippen molar-refractivity contribution < 1.29 is 24.2 Å². The molecule has 1 aromatic carbocycles. The van der Waals surface area contributed by atoms with E-state index in [1.807, 2.05) is 18.0 Å². The maximum Gasteiger partial charge on any atom is 0.337 e. The summed E-state index contributed by atoms with van der Waals surface area (Å²) in [4.78, 5) is 27.8. The number of methoxy groups -OCH3 is 2. The highest BCUT2D eigenvalue weighted by atomic mass is 16.5. The zero-order valence-electron chi connectivity index (χ0n) is 23.9. The van der Waals surface area contributed by atoms with Crippen molar-refractivity contribution in [1.29, 1.82) is 0 Å². The molecule has 3 rings (SSSR count). The summed E-state index contributed by atoms with van der Waals surface area (Å²) in [6.07, 6.45) is 12.2. The molecule has 1 aromatic rings. The Morgan fingerprint density at radius 2 is 1.92 bits per heavy atom. The van der Waals surface area contributed by atoms with Crippen molar-refractivity contribution >= 4 is 11.9 Å². The highest BCUT2D eigenvalue weighted by molar-refractivity contribution is 5.89. The van der Waals surface area contributed by atoms with Crippen molar-refractivity contribution in [2.24, 2.45) is 17.8 Å². The van der Waals surface area contributed by atoms with Gasteiger partial charge in [-0.3, -0.25) is 4.79 Å². The van der Waals surface area contributed by atoms with Gasteiger partial charge >= 0.3 is 5.97 Å². The van der Waals surface area contributed by atoms with E-state index < -0.39 is 11.6 Å². The summed E-state index contributed by atoms with van der Waals surface area (Å²) < 4.78 is 10.2. The van der Waals surface area contributed by atoms with Gasteiger partial charge in [-0.05, 0) is 81.6 Å². The fourth-order valence-corrected chi connectivity index (χ4v) is 6.65. The van der Waals surface area contributed by atoms with Crippen LogP contribution >= 0.6 is 0 Å². The Hall–Kier alpha value is -1.96. The number of benzene rings is 1. The van der Waals surface area contributed by atoms with Crippen LogP contribution in [0.1, 0.15) is 93.0 Å². The van der Waals surface area contributed by atoms with Crippen molar-refractivity contribution in [2.45, 2.75) is 82.7 Å². The highest BCUT2D eigenvalue weighted by Crippen LogP contribution is 2.40. The summed E-state index contributed by atoms with van der Waals surface area (Å²) in [5.41, 5.74) is 0.0209. The molecule has 3 atom stereocenters. The second-order valence-corrected chi connectivity index (χ2v) is 11.5. The van der Waals surface area contributed by atoms with E-state index in [9.17, 15) is 14.7 Å². The number of carbonyl (C=O) groups excluding carboxylic acids is 2. The quantitative estimate of drug-likeness (QED) is 0.262. The van der Waals surface area contributed by atoms with E-state index in [-0.39, 0.29) is 11.8 Å². The van der Waals surface area contributed by atoms with E-state index in [0.717, 1.165) is 56.7 Å². The minimum atomic E-state index is -1.14. The van der Waals surface area contributed by atoms with Gasteiger partial charge in [-0.1, -0.05) is 44.2 Å². The normalized spacial score (nSPS) is 21.1. The number of unbranched alkanes of at least 4 members (excludes halogenated alkanes) is 1. The molecule has 1 amide bonds. The van der Waals surface area contributed by atoms with Crippen molar-refractivity contribution in [3.8, 4) is 0 Å². The van der Waals surface area contributed by atoms with Gasteiger partial charge in [0, 0.05) is 39.1 Å². The lowest BCUT2D eigenvalue weighted by Crippen LogP contribution is -2.48. The second kappa shape index (κ2) is 15.6. The molecule has 1 aliphatic heterocycles. The predicted octanol–water partition coefficient (Wildman–Crippen LogP) is 4.91. The molecule has 0 aromatic heterocycles. The maximum absolute atomic E-state index is 13.6. The Bertz CT molecular complexity index is 872. The smallest absolute Gasteiger partial charge is 0.337 e. The molecule has 0 unspecified atom stereocenters. The van der Waals surface area contributed by atoms with Gasteiger partial charge in [-0.15, -0.1) is 0 Å². The molecular formula is C31H50N2O5. The molecule has 2 fully saturated rings. The molecule has 2 aliphatic rings. The number of aliphatic hydroxyl groups is 1. The lowest BCUT2D eigenvalue weighted by molar-refractivity contribution is -0.138. The first-order chi connectivity index (χ1) is 18.4. The van der Waals surface area contributed by atoms with Crippen molar-refractivity contribution in [3.05, 3.63) is 35.4 Å². The van der Waals surface area contributed by atoms with Crippen molar-refractivity contribution in [1.82, 2.24) is 10.2 Å². The Balaban J connectivity index is 1.74. The van der Waals surface area contributed by atoms with Crippen LogP contribution in [-0.4, -0.2) is 69.4 Å². The van der Waals surface area contributed by atoms with Gasteiger partial charge in [0.2, 0.25) is 5.91 Å². The average Bonchev–Trinajstić information content (AvgIpc) is 2.95. The topological polar surface area (TPSA) is 88.1 Å². The van der Waals surface area contributed by atoms with E-state index in [1.165, 1.54) is 39.2 Å². The lowest BCUT2D eigenvalue weighted by Gasteiger charge is -2.43. The molecule has 1 aliphatic carbocycles. The Labute approximate surface area is 229 Å². The minimum absolute atomic E-state index is 0.100. The second-order valence-electron chi connectivity index (χ2n) is 11.5. The van der Waals surface area contributed by atoms with Crippen LogP contribution in [0.25, 0.3) is 0 Å². The third-order valence-electron chi connectivity index (χ3n) is 8.74. The summed E-state index contributed by atoms with van der Waals surface area (Å²) >= 11 is 0. The number of amides is 1. The first-order valence-corrected chi connectivity index (χ1v) is 14.7. The summed E-state index contributed by atoms with van der Waals surface area (Å²) in [6, 6.07) is 7.18. The predicted molar refractivity (Wildman–Crippen MR) is 150 cm³/mol. The third kappa shape index (κ3) is 8.52. The van der Waals surface area contributed by atoms with Crippen LogP contribution in [0.3, 0.4) is 0 Å². The Kier molecular flexibility index (Phi) is 12.5. The van der Waals surface area contributed by atoms with Gasteiger partial charge in [0.15, 0.2) is 0 Å². The van der Waals surface area contributed by atoms with E-state index in [0.29, 0.717) is 37.5 Å². The van der Waals surface area contributed by atoms with Gasteiger partial charge < -0.3 is 24.8 Å². The first kappa shape index (κ1) is 30.6. The third-order valence-corrected chi connectivity index (χ3v) is 8.74. The van der Waals surface area contributed by atoms with Gasteiger partial charge in [0.25, 0.3) is 0 Å². The summed E-state index contributed by atoms with van der Waals surface area (Å²) in [5.74, 6) is 0.777. The average molecular weight is 531 g/mol. The molecular weight excluding hydrogens is 480 g/mol. The monoisotopic (exact) mass is 530 g/mol. The largest absolute Gasteiger partial charge is 0.465 e.